The molecule has 0 saturated carbocycles. The molecule has 0 aromatic rings. The van der Waals surface area contributed by atoms with Crippen LogP contribution in [0.2, 0.25) is 0 Å². The van der Waals surface area contributed by atoms with Gasteiger partial charge in [-0.1, -0.05) is 0 Å². The summed E-state index contributed by atoms with van der Waals surface area (Å²) < 4.78 is 5.05. The van der Waals surface area contributed by atoms with E-state index in [4.69, 9.17) is 9.84 Å². The van der Waals surface area contributed by atoms with Crippen molar-refractivity contribution in [2.45, 2.75) is 33.0 Å². The van der Waals surface area contributed by atoms with Crippen molar-refractivity contribution in [2.24, 2.45) is 0 Å². The van der Waals surface area contributed by atoms with Crippen molar-refractivity contribution in [1.82, 2.24) is 0 Å². The van der Waals surface area contributed by atoms with E-state index >= 15 is 0 Å². The molecule has 0 spiro atoms. The van der Waals surface area contributed by atoms with E-state index in [1.807, 2.05) is 13.8 Å². The van der Waals surface area contributed by atoms with Gasteiger partial charge in [0.1, 0.15) is 0 Å². The van der Waals surface area contributed by atoms with E-state index < -0.39 is 0 Å². The fourth-order valence-corrected chi connectivity index (χ4v) is 0.332. The van der Waals surface area contributed by atoms with Gasteiger partial charge < -0.3 is 9.84 Å². The maximum atomic E-state index is 8.68. The van der Waals surface area contributed by atoms with Crippen LogP contribution in [0, 0.1) is 0 Å². The molecular weight excluding hydrogens is 104 g/mol. The summed E-state index contributed by atoms with van der Waals surface area (Å²) in [6, 6.07) is 0. The predicted octanol–water partition coefficient (Wildman–Crippen LogP) is 0.792. The molecule has 0 amide bonds. The van der Waals surface area contributed by atoms with Crippen LogP contribution in [0.25, 0.3) is 0 Å². The monoisotopic (exact) mass is 118 g/mol. The Morgan fingerprint density at radius 3 is 2.00 bits per heavy atom. The van der Waals surface area contributed by atoms with Crippen LogP contribution in [0.5, 0.6) is 0 Å². The molecule has 0 unspecified atom stereocenters. The van der Waals surface area contributed by atoms with E-state index in [-0.39, 0.29) is 12.2 Å². The summed E-state index contributed by atoms with van der Waals surface area (Å²) in [6.07, 6.45) is -0.109. The van der Waals surface area contributed by atoms with Crippen molar-refractivity contribution >= 4 is 0 Å². The Kier molecular flexibility index (Phi) is 3.83. The maximum Gasteiger partial charge on any atom is 0.0745 e. The van der Waals surface area contributed by atoms with E-state index in [2.05, 4.69) is 0 Å². The molecule has 0 bridgehead atoms. The largest absolute Gasteiger partial charge is 0.391 e. The van der Waals surface area contributed by atoms with Gasteiger partial charge in [-0.15, -0.1) is 0 Å². The zero-order valence-corrected chi connectivity index (χ0v) is 5.72. The molecule has 0 rings (SSSR count). The molecule has 2 heteroatoms. The summed E-state index contributed by atoms with van der Waals surface area (Å²) in [7, 11) is 0. The molecule has 1 N–H and O–H groups in total. The Bertz CT molecular complexity index is 42.5. The van der Waals surface area contributed by atoms with Crippen molar-refractivity contribution in [2.75, 3.05) is 6.61 Å². The van der Waals surface area contributed by atoms with Gasteiger partial charge in [-0.25, -0.2) is 0 Å². The molecule has 0 aliphatic heterocycles. The highest BCUT2D eigenvalue weighted by molar-refractivity contribution is 4.43. The third-order valence-electron chi connectivity index (χ3n) is 0.671. The number of hydrogen-bond donors (Lipinski definition) is 1. The van der Waals surface area contributed by atoms with Crippen molar-refractivity contribution in [1.29, 1.82) is 0 Å². The smallest absolute Gasteiger partial charge is 0.0745 e. The fourth-order valence-electron chi connectivity index (χ4n) is 0.332. The second-order valence-electron chi connectivity index (χ2n) is 2.23. The first-order valence-corrected chi connectivity index (χ1v) is 2.92. The van der Waals surface area contributed by atoms with E-state index in [9.17, 15) is 0 Å². The number of aliphatic hydroxyl groups excluding tert-OH is 1. The van der Waals surface area contributed by atoms with Crippen molar-refractivity contribution in [3.8, 4) is 0 Å². The molecule has 2 nitrogen and oxygen atoms in total. The van der Waals surface area contributed by atoms with Crippen LogP contribution in [0.1, 0.15) is 20.8 Å². The lowest BCUT2D eigenvalue weighted by Gasteiger charge is -2.07. The van der Waals surface area contributed by atoms with Crippen LogP contribution in [0.15, 0.2) is 0 Å². The molecular formula is C6H14O2. The molecule has 0 heterocycles. The lowest BCUT2D eigenvalue weighted by atomic mass is 10.4. The van der Waals surface area contributed by atoms with Gasteiger partial charge >= 0.3 is 0 Å². The summed E-state index contributed by atoms with van der Waals surface area (Å²) in [6.45, 7) is 6.05. The van der Waals surface area contributed by atoms with Gasteiger partial charge in [-0.2, -0.15) is 0 Å². The number of aliphatic hydroxyl groups is 1. The Morgan fingerprint density at radius 2 is 1.88 bits per heavy atom. The van der Waals surface area contributed by atoms with E-state index in [1.54, 1.807) is 6.92 Å². The molecule has 0 aromatic heterocycles. The number of rotatable bonds is 3. The molecule has 0 aromatic carbocycles. The minimum atomic E-state index is -0.336. The van der Waals surface area contributed by atoms with Gasteiger partial charge in [-0.05, 0) is 20.8 Å². The second kappa shape index (κ2) is 3.87. The van der Waals surface area contributed by atoms with Crippen LogP contribution in [-0.2, 0) is 4.74 Å². The zero-order valence-electron chi connectivity index (χ0n) is 5.72. The minimum Gasteiger partial charge on any atom is -0.391 e. The normalized spacial score (nSPS) is 14.6. The second-order valence-corrected chi connectivity index (χ2v) is 2.23. The highest BCUT2D eigenvalue weighted by atomic mass is 16.5. The van der Waals surface area contributed by atoms with Gasteiger partial charge in [0.2, 0.25) is 0 Å². The lowest BCUT2D eigenvalue weighted by Crippen LogP contribution is -2.14. The molecule has 0 saturated heterocycles. The third-order valence-corrected chi connectivity index (χ3v) is 0.671. The van der Waals surface area contributed by atoms with E-state index in [0.717, 1.165) is 0 Å². The summed E-state index contributed by atoms with van der Waals surface area (Å²) in [4.78, 5) is 0. The molecule has 0 radical (unpaired) electrons. The van der Waals surface area contributed by atoms with Crippen molar-refractivity contribution < 1.29 is 9.84 Å². The van der Waals surface area contributed by atoms with Gasteiger partial charge in [0.25, 0.3) is 0 Å². The molecule has 50 valence electrons. The van der Waals surface area contributed by atoms with Crippen molar-refractivity contribution in [3.05, 3.63) is 0 Å². The summed E-state index contributed by atoms with van der Waals surface area (Å²) in [5.41, 5.74) is 0. The lowest BCUT2D eigenvalue weighted by molar-refractivity contribution is 0.0134. The fraction of sp³-hybridized carbons (Fsp3) is 1.00. The number of ether oxygens (including phenoxy) is 1. The van der Waals surface area contributed by atoms with E-state index in [1.165, 1.54) is 0 Å². The average molecular weight is 118 g/mol. The first-order valence-electron chi connectivity index (χ1n) is 2.92. The molecule has 0 fully saturated rings. The zero-order chi connectivity index (χ0) is 6.57. The van der Waals surface area contributed by atoms with Gasteiger partial charge in [0.05, 0.1) is 18.8 Å². The predicted molar refractivity (Wildman–Crippen MR) is 32.8 cm³/mol. The highest BCUT2D eigenvalue weighted by Crippen LogP contribution is 1.89. The van der Waals surface area contributed by atoms with Crippen molar-refractivity contribution in [3.63, 3.8) is 0 Å². The molecule has 1 atom stereocenters. The Hall–Kier alpha value is -0.0800. The van der Waals surface area contributed by atoms with Gasteiger partial charge in [-0.3, -0.25) is 0 Å². The van der Waals surface area contributed by atoms with Crippen LogP contribution in [0.4, 0.5) is 0 Å². The average Bonchev–Trinajstić information content (AvgIpc) is 1.61. The first-order chi connectivity index (χ1) is 3.63. The minimum absolute atomic E-state index is 0.226. The highest BCUT2D eigenvalue weighted by Gasteiger charge is 1.96. The number of hydrogen-bond acceptors (Lipinski definition) is 2. The summed E-state index contributed by atoms with van der Waals surface area (Å²) in [5.74, 6) is 0. The van der Waals surface area contributed by atoms with Gasteiger partial charge in [0.15, 0.2) is 0 Å². The van der Waals surface area contributed by atoms with Crippen LogP contribution < -0.4 is 0 Å². The topological polar surface area (TPSA) is 29.5 Å². The van der Waals surface area contributed by atoms with Crippen LogP contribution in [0.3, 0.4) is 0 Å². The first kappa shape index (κ1) is 7.92. The molecule has 0 aliphatic rings. The quantitative estimate of drug-likeness (QED) is 0.593. The van der Waals surface area contributed by atoms with Gasteiger partial charge in [0, 0.05) is 0 Å². The Morgan fingerprint density at radius 1 is 1.38 bits per heavy atom. The maximum absolute atomic E-state index is 8.68. The Balaban J connectivity index is 2.93. The van der Waals surface area contributed by atoms with E-state index in [0.29, 0.717) is 6.61 Å². The van der Waals surface area contributed by atoms with Crippen LogP contribution >= 0.6 is 0 Å². The summed E-state index contributed by atoms with van der Waals surface area (Å²) in [5, 5.41) is 8.68. The summed E-state index contributed by atoms with van der Waals surface area (Å²) >= 11 is 0. The molecule has 0 aliphatic carbocycles. The third kappa shape index (κ3) is 5.92. The molecule has 8 heavy (non-hydrogen) atoms. The Labute approximate surface area is 50.5 Å². The van der Waals surface area contributed by atoms with Crippen LogP contribution in [-0.4, -0.2) is 23.9 Å². The SMILES string of the molecule is CC(C)OC[C@@H](C)O. The standard InChI is InChI=1S/C6H14O2/c1-5(2)8-4-6(3)7/h5-7H,4H2,1-3H3/t6-/m1/s1.